The number of carbonyl (C=O) groups excluding carboxylic acids is 1. The van der Waals surface area contributed by atoms with Crippen molar-refractivity contribution in [3.63, 3.8) is 0 Å². The molecule has 1 saturated carbocycles. The predicted molar refractivity (Wildman–Crippen MR) is 78.2 cm³/mol. The largest absolute Gasteiger partial charge is 0.325 e. The molecule has 2 aromatic rings. The number of H-pyrrole nitrogens is 1. The Labute approximate surface area is 124 Å². The summed E-state index contributed by atoms with van der Waals surface area (Å²) >= 11 is 11.9. The van der Waals surface area contributed by atoms with E-state index in [0.29, 0.717) is 23.0 Å². The molecule has 1 amide bonds. The average Bonchev–Trinajstić information content (AvgIpc) is 2.91. The zero-order chi connectivity index (χ0) is 14.5. The van der Waals surface area contributed by atoms with Gasteiger partial charge in [-0.15, -0.1) is 23.2 Å². The Morgan fingerprint density at radius 2 is 2.15 bits per heavy atom. The maximum absolute atomic E-state index is 12.2. The van der Waals surface area contributed by atoms with Crippen LogP contribution in [0.4, 0.5) is 5.69 Å². The number of alkyl halides is 2. The Hall–Kier alpha value is -1.59. The molecule has 1 heterocycles. The highest BCUT2D eigenvalue weighted by atomic mass is 35.5. The summed E-state index contributed by atoms with van der Waals surface area (Å²) in [5, 5.41) is 3.14. The first-order valence-corrected chi connectivity index (χ1v) is 6.76. The second kappa shape index (κ2) is 4.20. The molecule has 1 aliphatic carbocycles. The summed E-state index contributed by atoms with van der Waals surface area (Å²) in [6.07, 6.45) is 1.74. The van der Waals surface area contributed by atoms with Crippen LogP contribution in [0.25, 0.3) is 10.9 Å². The average molecular weight is 312 g/mol. The molecule has 2 N–H and O–H groups in total. The number of hydrogen-bond acceptors (Lipinski definition) is 3. The number of aromatic amines is 1. The van der Waals surface area contributed by atoms with Gasteiger partial charge in [0.25, 0.3) is 5.56 Å². The number of hydrogen-bond donors (Lipinski definition) is 2. The number of halogens is 2. The minimum Gasteiger partial charge on any atom is -0.325 e. The maximum atomic E-state index is 12.2. The number of aromatic nitrogens is 2. The fraction of sp³-hybridized carbons (Fsp3) is 0.308. The summed E-state index contributed by atoms with van der Waals surface area (Å²) in [5.74, 6) is -0.262. The van der Waals surface area contributed by atoms with E-state index in [1.54, 1.807) is 25.1 Å². The molecular formula is C13H11Cl2N3O2. The molecule has 0 unspecified atom stereocenters. The monoisotopic (exact) mass is 311 g/mol. The SMILES string of the molecule is C[C@@]1(C(=O)Nc2ccc3nc[nH]c(=O)c3c2)CC1(Cl)Cl. The van der Waals surface area contributed by atoms with Crippen LogP contribution >= 0.6 is 23.2 Å². The lowest BCUT2D eigenvalue weighted by Crippen LogP contribution is -2.26. The van der Waals surface area contributed by atoms with E-state index in [1.165, 1.54) is 6.33 Å². The summed E-state index contributed by atoms with van der Waals surface area (Å²) < 4.78 is -1.02. The summed E-state index contributed by atoms with van der Waals surface area (Å²) in [4.78, 5) is 30.4. The van der Waals surface area contributed by atoms with E-state index < -0.39 is 9.75 Å². The lowest BCUT2D eigenvalue weighted by atomic mass is 10.1. The van der Waals surface area contributed by atoms with Crippen LogP contribution in [0.3, 0.4) is 0 Å². The first-order valence-electron chi connectivity index (χ1n) is 6.00. The lowest BCUT2D eigenvalue weighted by Gasteiger charge is -2.12. The Morgan fingerprint density at radius 1 is 1.45 bits per heavy atom. The third-order valence-corrected chi connectivity index (χ3v) is 4.76. The minimum absolute atomic E-state index is 0.257. The molecule has 0 saturated heterocycles. The summed E-state index contributed by atoms with van der Waals surface area (Å²) in [5.41, 5.74) is 0.0197. The van der Waals surface area contributed by atoms with Crippen molar-refractivity contribution in [2.24, 2.45) is 5.41 Å². The standard InChI is InChI=1S/C13H11Cl2N3O2/c1-12(5-13(12,14)15)11(20)18-7-2-3-9-8(4-7)10(19)17-6-16-9/h2-4,6H,5H2,1H3,(H,18,20)(H,16,17,19)/t12-/m0/s1. The molecule has 1 aromatic carbocycles. The van der Waals surface area contributed by atoms with Gasteiger partial charge in [-0.05, 0) is 31.5 Å². The van der Waals surface area contributed by atoms with E-state index in [9.17, 15) is 9.59 Å². The molecule has 1 fully saturated rings. The predicted octanol–water partition coefficient (Wildman–Crippen LogP) is 2.45. The molecule has 1 aromatic heterocycles. The lowest BCUT2D eigenvalue weighted by molar-refractivity contribution is -0.120. The van der Waals surface area contributed by atoms with Crippen molar-refractivity contribution in [2.45, 2.75) is 17.7 Å². The maximum Gasteiger partial charge on any atom is 0.258 e. The fourth-order valence-corrected chi connectivity index (χ4v) is 2.77. The van der Waals surface area contributed by atoms with Crippen LogP contribution in [-0.2, 0) is 4.79 Å². The second-order valence-corrected chi connectivity index (χ2v) is 6.61. The Kier molecular flexibility index (Phi) is 2.81. The minimum atomic E-state index is -1.02. The number of benzene rings is 1. The Morgan fingerprint density at radius 3 is 2.80 bits per heavy atom. The molecule has 7 heteroatoms. The van der Waals surface area contributed by atoms with Crippen LogP contribution in [0, 0.1) is 5.41 Å². The van der Waals surface area contributed by atoms with Crippen molar-refractivity contribution in [1.82, 2.24) is 9.97 Å². The van der Waals surface area contributed by atoms with E-state index in [0.717, 1.165) is 0 Å². The number of anilines is 1. The van der Waals surface area contributed by atoms with Crippen molar-refractivity contribution >= 4 is 45.7 Å². The van der Waals surface area contributed by atoms with Crippen LogP contribution in [0.2, 0.25) is 0 Å². The first-order chi connectivity index (χ1) is 9.33. The van der Waals surface area contributed by atoms with Crippen molar-refractivity contribution in [1.29, 1.82) is 0 Å². The van der Waals surface area contributed by atoms with Gasteiger partial charge >= 0.3 is 0 Å². The molecule has 0 aliphatic heterocycles. The number of carbonyl (C=O) groups is 1. The van der Waals surface area contributed by atoms with Crippen LogP contribution in [-0.4, -0.2) is 20.2 Å². The zero-order valence-corrected chi connectivity index (χ0v) is 12.0. The molecule has 20 heavy (non-hydrogen) atoms. The van der Waals surface area contributed by atoms with Crippen molar-refractivity contribution in [2.75, 3.05) is 5.32 Å². The number of fused-ring (bicyclic) bond motifs is 1. The van der Waals surface area contributed by atoms with Gasteiger partial charge in [0, 0.05) is 5.69 Å². The summed E-state index contributed by atoms with van der Waals surface area (Å²) in [6, 6.07) is 4.93. The van der Waals surface area contributed by atoms with Crippen LogP contribution in [0.5, 0.6) is 0 Å². The molecule has 1 atom stereocenters. The molecule has 0 radical (unpaired) electrons. The van der Waals surface area contributed by atoms with Crippen LogP contribution in [0.15, 0.2) is 29.3 Å². The van der Waals surface area contributed by atoms with Gasteiger partial charge in [0.15, 0.2) is 0 Å². The first kappa shape index (κ1) is 13.4. The van der Waals surface area contributed by atoms with E-state index in [1.807, 2.05) is 0 Å². The fourth-order valence-electron chi connectivity index (χ4n) is 2.06. The van der Waals surface area contributed by atoms with Crippen LogP contribution in [0.1, 0.15) is 13.3 Å². The van der Waals surface area contributed by atoms with Gasteiger partial charge in [-0.25, -0.2) is 4.98 Å². The third kappa shape index (κ3) is 1.98. The number of nitrogens with one attached hydrogen (secondary N) is 2. The van der Waals surface area contributed by atoms with Gasteiger partial charge in [-0.3, -0.25) is 9.59 Å². The Balaban J connectivity index is 1.91. The highest BCUT2D eigenvalue weighted by Crippen LogP contribution is 2.64. The smallest absolute Gasteiger partial charge is 0.258 e. The normalized spacial score (nSPS) is 23.6. The van der Waals surface area contributed by atoms with Crippen molar-refractivity contribution in [3.05, 3.63) is 34.9 Å². The molecular weight excluding hydrogens is 301 g/mol. The molecule has 0 bridgehead atoms. The van der Waals surface area contributed by atoms with Crippen molar-refractivity contribution < 1.29 is 4.79 Å². The van der Waals surface area contributed by atoms with Gasteiger partial charge in [0.05, 0.1) is 22.6 Å². The summed E-state index contributed by atoms with van der Waals surface area (Å²) in [7, 11) is 0. The van der Waals surface area contributed by atoms with Gasteiger partial charge in [-0.2, -0.15) is 0 Å². The number of amides is 1. The molecule has 0 spiro atoms. The second-order valence-electron chi connectivity index (χ2n) is 5.13. The van der Waals surface area contributed by atoms with Gasteiger partial charge < -0.3 is 10.3 Å². The van der Waals surface area contributed by atoms with Gasteiger partial charge in [-0.1, -0.05) is 0 Å². The van der Waals surface area contributed by atoms with Gasteiger partial charge in [0.2, 0.25) is 5.91 Å². The zero-order valence-electron chi connectivity index (χ0n) is 10.5. The highest BCUT2D eigenvalue weighted by Gasteiger charge is 2.67. The van der Waals surface area contributed by atoms with Gasteiger partial charge in [0.1, 0.15) is 4.33 Å². The third-order valence-electron chi connectivity index (χ3n) is 3.66. The number of nitrogens with zero attached hydrogens (tertiary/aromatic N) is 1. The summed E-state index contributed by atoms with van der Waals surface area (Å²) in [6.45, 7) is 1.71. The van der Waals surface area contributed by atoms with E-state index >= 15 is 0 Å². The molecule has 3 rings (SSSR count). The van der Waals surface area contributed by atoms with E-state index in [4.69, 9.17) is 23.2 Å². The molecule has 104 valence electrons. The topological polar surface area (TPSA) is 74.8 Å². The Bertz CT molecular complexity index is 772. The van der Waals surface area contributed by atoms with Crippen molar-refractivity contribution in [3.8, 4) is 0 Å². The van der Waals surface area contributed by atoms with E-state index in [-0.39, 0.29) is 11.5 Å². The number of rotatable bonds is 2. The molecule has 5 nitrogen and oxygen atoms in total. The van der Waals surface area contributed by atoms with E-state index in [2.05, 4.69) is 15.3 Å². The molecule has 1 aliphatic rings. The quantitative estimate of drug-likeness (QED) is 0.836. The van der Waals surface area contributed by atoms with Crippen LogP contribution < -0.4 is 10.9 Å². The highest BCUT2D eigenvalue weighted by molar-refractivity contribution is 6.53.